The van der Waals surface area contributed by atoms with Gasteiger partial charge >= 0.3 is 0 Å². The van der Waals surface area contributed by atoms with Gasteiger partial charge in [0.2, 0.25) is 5.76 Å². The minimum absolute atomic E-state index is 0.0505. The van der Waals surface area contributed by atoms with Crippen LogP contribution in [0.15, 0.2) is 57.7 Å². The minimum atomic E-state index is -3.30. The third-order valence-corrected chi connectivity index (χ3v) is 7.37. The van der Waals surface area contributed by atoms with E-state index in [1.54, 1.807) is 30.3 Å². The molecule has 2 aromatic carbocycles. The van der Waals surface area contributed by atoms with Gasteiger partial charge in [-0.3, -0.25) is 9.59 Å². The van der Waals surface area contributed by atoms with Gasteiger partial charge in [0, 0.05) is 11.6 Å². The molecule has 1 saturated heterocycles. The fraction of sp³-hybridized carbons (Fsp3) is 0.238. The van der Waals surface area contributed by atoms with E-state index in [2.05, 4.69) is 0 Å². The van der Waals surface area contributed by atoms with Crippen molar-refractivity contribution in [1.82, 2.24) is 4.90 Å². The Bertz CT molecular complexity index is 1330. The van der Waals surface area contributed by atoms with E-state index in [0.717, 1.165) is 0 Å². The zero-order valence-corrected chi connectivity index (χ0v) is 16.0. The first-order valence-corrected chi connectivity index (χ1v) is 11.0. The number of hydrogen-bond acceptors (Lipinski definition) is 5. The van der Waals surface area contributed by atoms with Crippen molar-refractivity contribution in [2.45, 2.75) is 18.5 Å². The predicted octanol–water partition coefficient (Wildman–Crippen LogP) is 2.66. The van der Waals surface area contributed by atoms with Crippen LogP contribution in [0.4, 0.5) is 4.39 Å². The van der Waals surface area contributed by atoms with Crippen molar-refractivity contribution in [3.63, 3.8) is 0 Å². The summed E-state index contributed by atoms with van der Waals surface area (Å²) in [7, 11) is -3.30. The lowest BCUT2D eigenvalue weighted by atomic mass is 9.97. The lowest BCUT2D eigenvalue weighted by Crippen LogP contribution is -2.40. The van der Waals surface area contributed by atoms with E-state index >= 15 is 0 Å². The van der Waals surface area contributed by atoms with Gasteiger partial charge in [-0.15, -0.1) is 0 Å². The first kappa shape index (κ1) is 18.1. The largest absolute Gasteiger partial charge is 0.450 e. The number of para-hydroxylation sites is 1. The molecule has 0 radical (unpaired) electrons. The third-order valence-electron chi connectivity index (χ3n) is 5.61. The first-order valence-electron chi connectivity index (χ1n) is 9.20. The molecule has 5 rings (SSSR count). The Morgan fingerprint density at radius 3 is 2.48 bits per heavy atom. The van der Waals surface area contributed by atoms with Gasteiger partial charge in [-0.1, -0.05) is 30.3 Å². The lowest BCUT2D eigenvalue weighted by molar-refractivity contribution is 0.0660. The first-order chi connectivity index (χ1) is 13.9. The molecule has 0 saturated carbocycles. The molecule has 3 aromatic rings. The average molecular weight is 413 g/mol. The van der Waals surface area contributed by atoms with Crippen molar-refractivity contribution in [3.8, 4) is 0 Å². The van der Waals surface area contributed by atoms with Crippen LogP contribution in [0.1, 0.15) is 34.1 Å². The van der Waals surface area contributed by atoms with Crippen molar-refractivity contribution in [2.75, 3.05) is 11.5 Å². The molecule has 1 fully saturated rings. The quantitative estimate of drug-likeness (QED) is 0.645. The minimum Gasteiger partial charge on any atom is -0.450 e. The predicted molar refractivity (Wildman–Crippen MR) is 104 cm³/mol. The highest BCUT2D eigenvalue weighted by atomic mass is 32.2. The van der Waals surface area contributed by atoms with Crippen molar-refractivity contribution in [1.29, 1.82) is 0 Å². The molecule has 2 aliphatic heterocycles. The van der Waals surface area contributed by atoms with Crippen LogP contribution < -0.4 is 5.43 Å². The highest BCUT2D eigenvalue weighted by Crippen LogP contribution is 2.42. The molecule has 0 N–H and O–H groups in total. The number of rotatable bonds is 2. The van der Waals surface area contributed by atoms with Crippen molar-refractivity contribution in [2.24, 2.45) is 0 Å². The van der Waals surface area contributed by atoms with Crippen LogP contribution >= 0.6 is 0 Å². The summed E-state index contributed by atoms with van der Waals surface area (Å²) in [5.41, 5.74) is 0.0548. The normalized spacial score (nSPS) is 22.9. The maximum atomic E-state index is 14.7. The molecule has 0 aliphatic carbocycles. The van der Waals surface area contributed by atoms with Crippen LogP contribution in [-0.2, 0) is 9.84 Å². The van der Waals surface area contributed by atoms with Crippen LogP contribution in [0.3, 0.4) is 0 Å². The SMILES string of the molecule is O=C1c2oc3ccccc3c(=O)c2[C@H](c2ccccc2F)N1[C@@H]1CCS(=O)(=O)C1. The summed E-state index contributed by atoms with van der Waals surface area (Å²) in [4.78, 5) is 27.8. The molecule has 1 aromatic heterocycles. The van der Waals surface area contributed by atoms with Gasteiger partial charge in [-0.25, -0.2) is 12.8 Å². The molecule has 3 heterocycles. The smallest absolute Gasteiger partial charge is 0.291 e. The van der Waals surface area contributed by atoms with Crippen LogP contribution in [0.2, 0.25) is 0 Å². The summed E-state index contributed by atoms with van der Waals surface area (Å²) in [6, 6.07) is 10.8. The molecular formula is C21H16FNO5S. The van der Waals surface area contributed by atoms with E-state index in [1.807, 2.05) is 0 Å². The average Bonchev–Trinajstić information content (AvgIpc) is 3.19. The van der Waals surface area contributed by atoms with E-state index < -0.39 is 39.1 Å². The van der Waals surface area contributed by atoms with Crippen LogP contribution in [0.5, 0.6) is 0 Å². The Hall–Kier alpha value is -3.00. The second kappa shape index (κ2) is 6.25. The highest BCUT2D eigenvalue weighted by molar-refractivity contribution is 7.91. The molecule has 29 heavy (non-hydrogen) atoms. The summed E-state index contributed by atoms with van der Waals surface area (Å²) >= 11 is 0. The molecule has 1 amide bonds. The van der Waals surface area contributed by atoms with E-state index in [4.69, 9.17) is 4.42 Å². The van der Waals surface area contributed by atoms with E-state index in [9.17, 15) is 22.4 Å². The zero-order chi connectivity index (χ0) is 20.3. The maximum Gasteiger partial charge on any atom is 0.291 e. The van der Waals surface area contributed by atoms with Crippen LogP contribution in [0, 0.1) is 5.82 Å². The molecule has 6 nitrogen and oxygen atoms in total. The number of nitrogens with zero attached hydrogens (tertiary/aromatic N) is 1. The van der Waals surface area contributed by atoms with Gasteiger partial charge in [-0.05, 0) is 24.6 Å². The fourth-order valence-electron chi connectivity index (χ4n) is 4.31. The monoisotopic (exact) mass is 413 g/mol. The molecule has 8 heteroatoms. The number of carbonyl (C=O) groups is 1. The Morgan fingerprint density at radius 2 is 1.76 bits per heavy atom. The van der Waals surface area contributed by atoms with Gasteiger partial charge < -0.3 is 9.32 Å². The molecule has 0 unspecified atom stereocenters. The van der Waals surface area contributed by atoms with E-state index in [-0.39, 0.29) is 40.4 Å². The Balaban J connectivity index is 1.79. The standard InChI is InChI=1S/C21H16FNO5S/c22-15-7-3-1-5-13(15)18-17-19(24)14-6-2-4-8-16(14)28-20(17)21(25)23(18)12-9-10-29(26,27)11-12/h1-8,12,18H,9-11H2/t12-,18+/m1/s1. The molecule has 2 aliphatic rings. The molecule has 148 valence electrons. The summed E-state index contributed by atoms with van der Waals surface area (Å²) in [6.07, 6.45) is 0.237. The van der Waals surface area contributed by atoms with E-state index in [1.165, 1.54) is 23.1 Å². The number of benzene rings is 2. The zero-order valence-electron chi connectivity index (χ0n) is 15.2. The Labute approximate surface area is 165 Å². The van der Waals surface area contributed by atoms with E-state index in [0.29, 0.717) is 5.39 Å². The van der Waals surface area contributed by atoms with Gasteiger partial charge in [0.05, 0.1) is 28.5 Å². The van der Waals surface area contributed by atoms with Gasteiger partial charge in [0.1, 0.15) is 11.4 Å². The van der Waals surface area contributed by atoms with Gasteiger partial charge in [-0.2, -0.15) is 0 Å². The number of sulfone groups is 1. The number of hydrogen-bond donors (Lipinski definition) is 0. The molecular weight excluding hydrogens is 397 g/mol. The van der Waals surface area contributed by atoms with Crippen molar-refractivity contribution >= 4 is 26.7 Å². The summed E-state index contributed by atoms with van der Waals surface area (Å²) in [5.74, 6) is -1.57. The fourth-order valence-corrected chi connectivity index (χ4v) is 6.02. The van der Waals surface area contributed by atoms with Crippen molar-refractivity contribution < 1.29 is 22.0 Å². The number of halogens is 1. The molecule has 0 bridgehead atoms. The Morgan fingerprint density at radius 1 is 1.03 bits per heavy atom. The highest BCUT2D eigenvalue weighted by Gasteiger charge is 2.49. The Kier molecular flexibility index (Phi) is 3.89. The molecule has 2 atom stereocenters. The van der Waals surface area contributed by atoms with Gasteiger partial charge in [0.15, 0.2) is 15.3 Å². The van der Waals surface area contributed by atoms with Gasteiger partial charge in [0.25, 0.3) is 5.91 Å². The number of fused-ring (bicyclic) bond motifs is 2. The second-order valence-corrected chi connectivity index (χ2v) is 9.59. The third kappa shape index (κ3) is 2.70. The van der Waals surface area contributed by atoms with Crippen LogP contribution in [-0.4, -0.2) is 36.8 Å². The second-order valence-electron chi connectivity index (χ2n) is 7.36. The summed E-state index contributed by atoms with van der Waals surface area (Å²) < 4.78 is 44.6. The lowest BCUT2D eigenvalue weighted by Gasteiger charge is -2.30. The van der Waals surface area contributed by atoms with Crippen LogP contribution in [0.25, 0.3) is 11.0 Å². The summed E-state index contributed by atoms with van der Waals surface area (Å²) in [5, 5.41) is 0.293. The maximum absolute atomic E-state index is 14.7. The van der Waals surface area contributed by atoms with Crippen molar-refractivity contribution in [3.05, 3.63) is 81.5 Å². The summed E-state index contributed by atoms with van der Waals surface area (Å²) in [6.45, 7) is 0. The molecule has 0 spiro atoms. The topological polar surface area (TPSA) is 84.7 Å². The number of carbonyl (C=O) groups excluding carboxylic acids is 1. The number of amides is 1.